The minimum absolute atomic E-state index is 0.382. The molecule has 1 aromatic rings. The summed E-state index contributed by atoms with van der Waals surface area (Å²) < 4.78 is 114. The Labute approximate surface area is 121 Å². The summed E-state index contributed by atoms with van der Waals surface area (Å²) in [5.41, 5.74) is -1.24. The van der Waals surface area contributed by atoms with Crippen LogP contribution in [0.1, 0.15) is 10.4 Å². The van der Waals surface area contributed by atoms with E-state index in [1.165, 1.54) is 0 Å². The summed E-state index contributed by atoms with van der Waals surface area (Å²) in [4.78, 5) is 11.2. The van der Waals surface area contributed by atoms with Gasteiger partial charge in [-0.15, -0.1) is 0 Å². The van der Waals surface area contributed by atoms with E-state index in [0.717, 1.165) is 12.1 Å². The average molecular weight is 359 g/mol. The Bertz CT molecular complexity index is 579. The van der Waals surface area contributed by atoms with E-state index in [9.17, 15) is 44.3 Å². The number of ketones is 1. The van der Waals surface area contributed by atoms with Crippen LogP contribution in [0, 0.1) is 0 Å². The molecule has 11 heteroatoms. The Hall–Kier alpha value is -1.45. The number of Topliss-reactive ketones (excluding diaryl/α,β-unsaturated/α-hetero) is 1. The van der Waals surface area contributed by atoms with Gasteiger partial charge in [-0.1, -0.05) is 23.7 Å². The maximum absolute atomic E-state index is 13.3. The number of alkyl halides is 9. The summed E-state index contributed by atoms with van der Waals surface area (Å²) in [7, 11) is 0. The lowest BCUT2D eigenvalue weighted by Gasteiger charge is -2.32. The Balaban J connectivity index is 3.36. The minimum Gasteiger partial charge on any atom is -0.287 e. The van der Waals surface area contributed by atoms with Crippen LogP contribution >= 0.6 is 11.6 Å². The summed E-state index contributed by atoms with van der Waals surface area (Å²) in [6.45, 7) is 0. The second-order valence-electron chi connectivity index (χ2n) is 4.06. The average Bonchev–Trinajstić information content (AvgIpc) is 2.35. The van der Waals surface area contributed by atoms with Crippen LogP contribution < -0.4 is 0 Å². The predicted molar refractivity (Wildman–Crippen MR) is 56.7 cm³/mol. The fourth-order valence-corrected chi connectivity index (χ4v) is 1.52. The molecule has 22 heavy (non-hydrogen) atoms. The van der Waals surface area contributed by atoms with E-state index in [-0.39, 0.29) is 5.02 Å². The van der Waals surface area contributed by atoms with E-state index >= 15 is 0 Å². The van der Waals surface area contributed by atoms with Crippen LogP contribution in [0.2, 0.25) is 5.02 Å². The third-order valence-corrected chi connectivity index (χ3v) is 2.75. The maximum atomic E-state index is 13.3. The minimum atomic E-state index is -7.11. The van der Waals surface area contributed by atoms with E-state index < -0.39 is 35.3 Å². The Morgan fingerprint density at radius 3 is 1.77 bits per heavy atom. The van der Waals surface area contributed by atoms with Gasteiger partial charge < -0.3 is 0 Å². The van der Waals surface area contributed by atoms with Crippen LogP contribution in [0.25, 0.3) is 0 Å². The monoisotopic (exact) mass is 358 g/mol. The second kappa shape index (κ2) is 5.32. The molecule has 0 bridgehead atoms. The normalized spacial score (nSPS) is 14.1. The molecule has 0 N–H and O–H groups in total. The van der Waals surface area contributed by atoms with Crippen molar-refractivity contribution in [3.63, 3.8) is 0 Å². The fourth-order valence-electron chi connectivity index (χ4n) is 1.33. The van der Waals surface area contributed by atoms with E-state index in [1.54, 1.807) is 0 Å². The highest BCUT2D eigenvalue weighted by Crippen LogP contribution is 2.53. The van der Waals surface area contributed by atoms with Gasteiger partial charge in [0.2, 0.25) is 5.78 Å². The maximum Gasteiger partial charge on any atom is 0.460 e. The summed E-state index contributed by atoms with van der Waals surface area (Å²) in [5, 5.41) is -0.382. The van der Waals surface area contributed by atoms with Crippen molar-refractivity contribution in [2.24, 2.45) is 0 Å². The van der Waals surface area contributed by atoms with Crippen molar-refractivity contribution in [2.45, 2.75) is 23.9 Å². The first-order chi connectivity index (χ1) is 9.66. The lowest BCUT2D eigenvalue weighted by molar-refractivity contribution is -0.386. The summed E-state index contributed by atoms with van der Waals surface area (Å²) in [5.74, 6) is -23.3. The molecule has 0 heterocycles. The topological polar surface area (TPSA) is 17.1 Å². The van der Waals surface area contributed by atoms with Crippen molar-refractivity contribution in [1.82, 2.24) is 0 Å². The zero-order valence-electron chi connectivity index (χ0n) is 10.00. The first-order valence-electron chi connectivity index (χ1n) is 5.17. The van der Waals surface area contributed by atoms with Gasteiger partial charge in [-0.3, -0.25) is 4.79 Å². The number of halogens is 10. The molecule has 0 radical (unpaired) electrons. The number of carbonyl (C=O) groups excluding carboxylic acids is 1. The van der Waals surface area contributed by atoms with Gasteiger partial charge in [-0.25, -0.2) is 0 Å². The molecule has 1 rings (SSSR count). The Morgan fingerprint density at radius 2 is 1.36 bits per heavy atom. The molecule has 124 valence electrons. The molecule has 0 atom stereocenters. The summed E-state index contributed by atoms with van der Waals surface area (Å²) >= 11 is 5.30. The number of carbonyl (C=O) groups is 1. The van der Waals surface area contributed by atoms with Gasteiger partial charge >= 0.3 is 23.9 Å². The molecule has 0 aliphatic rings. The van der Waals surface area contributed by atoms with Crippen molar-refractivity contribution in [3.8, 4) is 0 Å². The number of rotatable bonds is 4. The zero-order chi connectivity index (χ0) is 17.6. The number of hydrogen-bond acceptors (Lipinski definition) is 1. The van der Waals surface area contributed by atoms with Gasteiger partial charge in [-0.2, -0.15) is 39.5 Å². The van der Waals surface area contributed by atoms with Crippen LogP contribution in [-0.2, 0) is 0 Å². The predicted octanol–water partition coefficient (Wildman–Crippen LogP) is 4.99. The molecular formula is C11H4ClF9O. The van der Waals surface area contributed by atoms with E-state index in [4.69, 9.17) is 11.6 Å². The molecule has 0 aliphatic carbocycles. The molecule has 0 saturated carbocycles. The molecule has 0 aliphatic heterocycles. The number of hydrogen-bond donors (Lipinski definition) is 0. The highest BCUT2D eigenvalue weighted by molar-refractivity contribution is 6.31. The van der Waals surface area contributed by atoms with Crippen molar-refractivity contribution in [1.29, 1.82) is 0 Å². The fraction of sp³-hybridized carbons (Fsp3) is 0.364. The number of benzene rings is 1. The van der Waals surface area contributed by atoms with E-state index in [0.29, 0.717) is 12.1 Å². The van der Waals surface area contributed by atoms with Crippen molar-refractivity contribution >= 4 is 17.4 Å². The molecule has 0 fully saturated rings. The molecule has 0 amide bonds. The standard InChI is InChI=1S/C11H4ClF9O/c12-6-3-1-2-5(4-6)7(22)8(13,14)9(15,16)10(17,18)11(19,20)21/h1-4H. The van der Waals surface area contributed by atoms with Gasteiger partial charge in [-0.05, 0) is 12.1 Å². The van der Waals surface area contributed by atoms with Gasteiger partial charge in [0, 0.05) is 10.6 Å². The van der Waals surface area contributed by atoms with Gasteiger partial charge in [0.15, 0.2) is 0 Å². The van der Waals surface area contributed by atoms with E-state index in [1.807, 2.05) is 0 Å². The zero-order valence-corrected chi connectivity index (χ0v) is 10.8. The highest BCUT2D eigenvalue weighted by Gasteiger charge is 2.83. The molecular weight excluding hydrogens is 355 g/mol. The van der Waals surface area contributed by atoms with Gasteiger partial charge in [0.1, 0.15) is 0 Å². The molecule has 0 aromatic heterocycles. The van der Waals surface area contributed by atoms with Crippen LogP contribution in [-0.4, -0.2) is 29.7 Å². The highest BCUT2D eigenvalue weighted by atomic mass is 35.5. The molecule has 0 unspecified atom stereocenters. The quantitative estimate of drug-likeness (QED) is 0.547. The van der Waals surface area contributed by atoms with E-state index in [2.05, 4.69) is 0 Å². The van der Waals surface area contributed by atoms with Crippen molar-refractivity contribution in [3.05, 3.63) is 34.9 Å². The Morgan fingerprint density at radius 1 is 0.864 bits per heavy atom. The molecule has 0 saturated heterocycles. The van der Waals surface area contributed by atoms with Crippen LogP contribution in [0.4, 0.5) is 39.5 Å². The first kappa shape index (κ1) is 18.6. The first-order valence-corrected chi connectivity index (χ1v) is 5.54. The summed E-state index contributed by atoms with van der Waals surface area (Å²) in [6, 6.07) is 2.84. The van der Waals surface area contributed by atoms with Crippen LogP contribution in [0.3, 0.4) is 0 Å². The largest absolute Gasteiger partial charge is 0.460 e. The SMILES string of the molecule is O=C(c1cccc(Cl)c1)C(F)(F)C(F)(F)C(F)(F)C(F)(F)F. The second-order valence-corrected chi connectivity index (χ2v) is 4.50. The van der Waals surface area contributed by atoms with Crippen LogP contribution in [0.15, 0.2) is 24.3 Å². The summed E-state index contributed by atoms with van der Waals surface area (Å²) in [6.07, 6.45) is -6.98. The molecule has 0 spiro atoms. The lowest BCUT2D eigenvalue weighted by Crippen LogP contribution is -2.63. The Kier molecular flexibility index (Phi) is 4.50. The van der Waals surface area contributed by atoms with Crippen LogP contribution in [0.5, 0.6) is 0 Å². The molecule has 1 nitrogen and oxygen atoms in total. The third-order valence-electron chi connectivity index (χ3n) is 2.52. The van der Waals surface area contributed by atoms with Crippen molar-refractivity contribution in [2.75, 3.05) is 0 Å². The molecule has 1 aromatic carbocycles. The third kappa shape index (κ3) is 2.75. The lowest BCUT2D eigenvalue weighted by atomic mass is 9.96. The smallest absolute Gasteiger partial charge is 0.287 e. The van der Waals surface area contributed by atoms with Gasteiger partial charge in [0.25, 0.3) is 0 Å². The van der Waals surface area contributed by atoms with Gasteiger partial charge in [0.05, 0.1) is 0 Å². The van der Waals surface area contributed by atoms with Crippen molar-refractivity contribution < 1.29 is 44.3 Å².